The van der Waals surface area contributed by atoms with E-state index in [-0.39, 0.29) is 23.7 Å². The first-order valence-electron chi connectivity index (χ1n) is 6.14. The van der Waals surface area contributed by atoms with Crippen LogP contribution >= 0.6 is 11.8 Å². The van der Waals surface area contributed by atoms with Gasteiger partial charge in [0.05, 0.1) is 12.9 Å². The quantitative estimate of drug-likeness (QED) is 0.569. The number of nitrogens with one attached hydrogen (secondary N) is 1. The van der Waals surface area contributed by atoms with Gasteiger partial charge in [-0.2, -0.15) is 0 Å². The average Bonchev–Trinajstić information content (AvgIpc) is 2.83. The Morgan fingerprint density at radius 3 is 2.75 bits per heavy atom. The molecule has 1 aromatic heterocycles. The first-order chi connectivity index (χ1) is 9.38. The van der Waals surface area contributed by atoms with E-state index >= 15 is 0 Å². The van der Waals surface area contributed by atoms with Gasteiger partial charge in [-0.15, -0.1) is 5.10 Å². The predicted molar refractivity (Wildman–Crippen MR) is 73.1 cm³/mol. The Kier molecular flexibility index (Phi) is 5.93. The lowest BCUT2D eigenvalue weighted by atomic mass is 10.0. The monoisotopic (exact) mass is 301 g/mol. The third kappa shape index (κ3) is 5.16. The number of methoxy groups -OCH3 is 1. The number of amides is 1. The van der Waals surface area contributed by atoms with Crippen LogP contribution in [-0.4, -0.2) is 50.5 Å². The largest absolute Gasteiger partial charge is 0.468 e. The van der Waals surface area contributed by atoms with Gasteiger partial charge in [0.25, 0.3) is 0 Å². The number of nitrogens with zero attached hydrogens (tertiary/aromatic N) is 4. The maximum absolute atomic E-state index is 11.8. The molecule has 1 amide bonds. The fraction of sp³-hybridized carbons (Fsp3) is 0.727. The summed E-state index contributed by atoms with van der Waals surface area (Å²) in [5, 5.41) is 14.2. The molecule has 0 fully saturated rings. The van der Waals surface area contributed by atoms with E-state index in [1.54, 1.807) is 0 Å². The zero-order valence-corrected chi connectivity index (χ0v) is 12.9. The molecule has 0 aliphatic rings. The van der Waals surface area contributed by atoms with Gasteiger partial charge >= 0.3 is 5.97 Å². The molecule has 1 rings (SSSR count). The van der Waals surface area contributed by atoms with Crippen molar-refractivity contribution >= 4 is 23.6 Å². The third-order valence-electron chi connectivity index (χ3n) is 2.70. The number of aromatic nitrogens is 4. The van der Waals surface area contributed by atoms with E-state index in [4.69, 9.17) is 0 Å². The Labute approximate surface area is 121 Å². The average molecular weight is 301 g/mol. The molecule has 0 spiro atoms. The van der Waals surface area contributed by atoms with Crippen molar-refractivity contribution in [3.63, 3.8) is 0 Å². The van der Waals surface area contributed by atoms with Gasteiger partial charge in [0, 0.05) is 5.54 Å². The minimum Gasteiger partial charge on any atom is -0.468 e. The highest BCUT2D eigenvalue weighted by Crippen LogP contribution is 2.14. The second-order valence-electron chi connectivity index (χ2n) is 4.77. The van der Waals surface area contributed by atoms with Crippen molar-refractivity contribution in [1.82, 2.24) is 25.5 Å². The first-order valence-corrected chi connectivity index (χ1v) is 7.13. The van der Waals surface area contributed by atoms with Crippen LogP contribution in [0, 0.1) is 0 Å². The van der Waals surface area contributed by atoms with Crippen LogP contribution in [0.5, 0.6) is 0 Å². The molecule has 0 aliphatic heterocycles. The fourth-order valence-electron chi connectivity index (χ4n) is 1.22. The number of carbonyl (C=O) groups excluding carboxylic acids is 2. The van der Waals surface area contributed by atoms with Crippen molar-refractivity contribution in [3.8, 4) is 0 Å². The third-order valence-corrected chi connectivity index (χ3v) is 3.66. The molecule has 9 heteroatoms. The number of rotatable bonds is 7. The maximum Gasteiger partial charge on any atom is 0.327 e. The Balaban J connectivity index is 2.52. The lowest BCUT2D eigenvalue weighted by molar-refractivity contribution is -0.141. The molecule has 112 valence electrons. The number of thioether (sulfide) groups is 1. The Morgan fingerprint density at radius 1 is 1.45 bits per heavy atom. The van der Waals surface area contributed by atoms with E-state index in [2.05, 4.69) is 25.6 Å². The summed E-state index contributed by atoms with van der Waals surface area (Å²) in [6.45, 7) is 5.84. The van der Waals surface area contributed by atoms with Crippen LogP contribution in [0.15, 0.2) is 5.16 Å². The minimum absolute atomic E-state index is 0.0755. The topological polar surface area (TPSA) is 99.0 Å². The van der Waals surface area contributed by atoms with Crippen molar-refractivity contribution < 1.29 is 14.3 Å². The Bertz CT molecular complexity index is 474. The molecule has 0 saturated carbocycles. The van der Waals surface area contributed by atoms with Crippen LogP contribution in [-0.2, 0) is 20.9 Å². The molecule has 0 unspecified atom stereocenters. The lowest BCUT2D eigenvalue weighted by Crippen LogP contribution is -2.43. The normalized spacial score (nSPS) is 11.2. The SMILES string of the molecule is CCC(C)(C)NC(=O)CSc1nnnn1CC(=O)OC. The molecule has 1 aromatic rings. The van der Waals surface area contributed by atoms with Gasteiger partial charge in [-0.05, 0) is 30.7 Å². The van der Waals surface area contributed by atoms with Crippen LogP contribution in [0.2, 0.25) is 0 Å². The molecule has 0 aliphatic carbocycles. The van der Waals surface area contributed by atoms with E-state index in [0.717, 1.165) is 6.42 Å². The van der Waals surface area contributed by atoms with Crippen LogP contribution < -0.4 is 5.32 Å². The van der Waals surface area contributed by atoms with E-state index in [1.807, 2.05) is 20.8 Å². The lowest BCUT2D eigenvalue weighted by Gasteiger charge is -2.24. The molecule has 0 aromatic carbocycles. The number of hydrogen-bond acceptors (Lipinski definition) is 7. The van der Waals surface area contributed by atoms with Gasteiger partial charge in [-0.25, -0.2) is 4.68 Å². The molecule has 0 atom stereocenters. The highest BCUT2D eigenvalue weighted by molar-refractivity contribution is 7.99. The second-order valence-corrected chi connectivity index (χ2v) is 5.71. The van der Waals surface area contributed by atoms with Crippen molar-refractivity contribution in [1.29, 1.82) is 0 Å². The number of carbonyl (C=O) groups is 2. The highest BCUT2D eigenvalue weighted by Gasteiger charge is 2.19. The molecule has 1 N–H and O–H groups in total. The van der Waals surface area contributed by atoms with Gasteiger partial charge in [0.1, 0.15) is 6.54 Å². The van der Waals surface area contributed by atoms with E-state index in [0.29, 0.717) is 5.16 Å². The maximum atomic E-state index is 11.8. The van der Waals surface area contributed by atoms with Gasteiger partial charge in [0.2, 0.25) is 11.1 Å². The summed E-state index contributed by atoms with van der Waals surface area (Å²) >= 11 is 1.17. The van der Waals surface area contributed by atoms with Crippen molar-refractivity contribution in [2.45, 2.75) is 44.4 Å². The molecule has 0 bridgehead atoms. The zero-order chi connectivity index (χ0) is 15.2. The van der Waals surface area contributed by atoms with Gasteiger partial charge in [-0.3, -0.25) is 9.59 Å². The van der Waals surface area contributed by atoms with Crippen molar-refractivity contribution in [3.05, 3.63) is 0 Å². The summed E-state index contributed by atoms with van der Waals surface area (Å²) < 4.78 is 5.84. The van der Waals surface area contributed by atoms with Crippen LogP contribution in [0.4, 0.5) is 0 Å². The number of ether oxygens (including phenoxy) is 1. The molecule has 1 heterocycles. The highest BCUT2D eigenvalue weighted by atomic mass is 32.2. The molecule has 0 radical (unpaired) electrons. The fourth-order valence-corrected chi connectivity index (χ4v) is 1.89. The van der Waals surface area contributed by atoms with E-state index in [9.17, 15) is 9.59 Å². The van der Waals surface area contributed by atoms with E-state index in [1.165, 1.54) is 23.6 Å². The van der Waals surface area contributed by atoms with Crippen LogP contribution in [0.1, 0.15) is 27.2 Å². The minimum atomic E-state index is -0.448. The number of hydrogen-bond donors (Lipinski definition) is 1. The predicted octanol–water partition coefficient (Wildman–Crippen LogP) is 0.243. The summed E-state index contributed by atoms with van der Waals surface area (Å²) in [6, 6.07) is 0. The second kappa shape index (κ2) is 7.22. The molecular formula is C11H19N5O3S. The molecule has 20 heavy (non-hydrogen) atoms. The van der Waals surface area contributed by atoms with Gasteiger partial charge in [-0.1, -0.05) is 18.7 Å². The van der Waals surface area contributed by atoms with E-state index < -0.39 is 5.97 Å². The molecule has 8 nitrogen and oxygen atoms in total. The van der Waals surface area contributed by atoms with Crippen molar-refractivity contribution in [2.75, 3.05) is 12.9 Å². The van der Waals surface area contributed by atoms with Crippen molar-refractivity contribution in [2.24, 2.45) is 0 Å². The number of esters is 1. The molecule has 0 saturated heterocycles. The van der Waals surface area contributed by atoms with Gasteiger partial charge < -0.3 is 10.1 Å². The standard InChI is InChI=1S/C11H19N5O3S/c1-5-11(2,3)12-8(17)7-20-10-13-14-15-16(10)6-9(18)19-4/h5-7H2,1-4H3,(H,12,17). The smallest absolute Gasteiger partial charge is 0.327 e. The zero-order valence-electron chi connectivity index (χ0n) is 12.0. The Hall–Kier alpha value is -1.64. The summed E-state index contributed by atoms with van der Waals surface area (Å²) in [4.78, 5) is 23.0. The van der Waals surface area contributed by atoms with Crippen LogP contribution in [0.25, 0.3) is 0 Å². The summed E-state index contributed by atoms with van der Waals surface area (Å²) in [6.07, 6.45) is 0.837. The molecular weight excluding hydrogens is 282 g/mol. The summed E-state index contributed by atoms with van der Waals surface area (Å²) in [5.41, 5.74) is -0.240. The van der Waals surface area contributed by atoms with Crippen LogP contribution in [0.3, 0.4) is 0 Å². The summed E-state index contributed by atoms with van der Waals surface area (Å²) in [5.74, 6) is -0.365. The first kappa shape index (κ1) is 16.4. The summed E-state index contributed by atoms with van der Waals surface area (Å²) in [7, 11) is 1.29. The Morgan fingerprint density at radius 2 is 2.15 bits per heavy atom. The van der Waals surface area contributed by atoms with Gasteiger partial charge in [0.15, 0.2) is 0 Å². The number of tetrazole rings is 1.